The van der Waals surface area contributed by atoms with E-state index in [1.54, 1.807) is 39.4 Å². The van der Waals surface area contributed by atoms with E-state index in [1.165, 1.54) is 51.2 Å². The Morgan fingerprint density at radius 2 is 0.914 bits per heavy atom. The highest BCUT2D eigenvalue weighted by Gasteiger charge is 2.28. The number of piperazine rings is 1. The molecule has 12 aromatic rings. The predicted octanol–water partition coefficient (Wildman–Crippen LogP) is 12.0. The van der Waals surface area contributed by atoms with Gasteiger partial charge < -0.3 is 65.7 Å². The van der Waals surface area contributed by atoms with Gasteiger partial charge in [0.25, 0.3) is 0 Å². The van der Waals surface area contributed by atoms with Crippen LogP contribution in [0.1, 0.15) is 42.6 Å². The number of benzene rings is 6. The lowest BCUT2D eigenvalue weighted by Gasteiger charge is -2.38. The van der Waals surface area contributed by atoms with Crippen LogP contribution in [0.2, 0.25) is 0 Å². The van der Waals surface area contributed by atoms with E-state index in [1.807, 2.05) is 176 Å². The van der Waals surface area contributed by atoms with Crippen molar-refractivity contribution in [2.24, 2.45) is 21.1 Å². The molecule has 0 bridgehead atoms. The Balaban J connectivity index is 0.000000161. The van der Waals surface area contributed by atoms with Crippen molar-refractivity contribution in [2.45, 2.75) is 39.3 Å². The molecule has 6 N–H and O–H groups in total. The van der Waals surface area contributed by atoms with Crippen molar-refractivity contribution < 1.29 is 38.2 Å². The molecule has 6 aromatic carbocycles. The summed E-state index contributed by atoms with van der Waals surface area (Å²) in [5.74, 6) is 2.33. The lowest BCUT2D eigenvalue weighted by Crippen LogP contribution is -2.45. The monoisotopic (exact) mass is 1570 g/mol. The molecule has 0 radical (unpaired) electrons. The van der Waals surface area contributed by atoms with Crippen LogP contribution in [0.5, 0.6) is 17.2 Å². The van der Waals surface area contributed by atoms with E-state index >= 15 is 0 Å². The van der Waals surface area contributed by atoms with Crippen molar-refractivity contribution >= 4 is 119 Å². The minimum Gasteiger partial charge on any atom is -0.495 e. The number of fused-ring (bicyclic) bond motifs is 3. The summed E-state index contributed by atoms with van der Waals surface area (Å²) >= 11 is 0. The van der Waals surface area contributed by atoms with Crippen molar-refractivity contribution in [1.29, 1.82) is 0 Å². The van der Waals surface area contributed by atoms with Crippen LogP contribution in [-0.4, -0.2) is 210 Å². The van der Waals surface area contributed by atoms with Crippen LogP contribution in [0.15, 0.2) is 184 Å². The maximum Gasteiger partial charge on any atom is 0.248 e. The lowest BCUT2D eigenvalue weighted by molar-refractivity contribution is -0.129. The number of methoxy groups -OCH3 is 3. The summed E-state index contributed by atoms with van der Waals surface area (Å²) in [6.45, 7) is 16.9. The van der Waals surface area contributed by atoms with Crippen LogP contribution in [0.4, 0.5) is 57.3 Å². The van der Waals surface area contributed by atoms with Gasteiger partial charge in [0.05, 0.1) is 108 Å². The molecule has 0 unspecified atom stereocenters. The Bertz CT molecular complexity index is 5660. The van der Waals surface area contributed by atoms with E-state index in [4.69, 9.17) is 14.2 Å². The Labute approximate surface area is 672 Å². The van der Waals surface area contributed by atoms with Gasteiger partial charge in [-0.2, -0.15) is 15.3 Å². The van der Waals surface area contributed by atoms with Crippen molar-refractivity contribution in [2.75, 3.05) is 132 Å². The van der Waals surface area contributed by atoms with Gasteiger partial charge >= 0.3 is 0 Å². The average Bonchev–Trinajstić information content (AvgIpc) is 0.928. The number of piperidine rings is 1. The molecule has 598 valence electrons. The fraction of sp³-hybridized carbons (Fsp3) is 0.271. The Morgan fingerprint density at radius 1 is 0.491 bits per heavy atom. The van der Waals surface area contributed by atoms with Gasteiger partial charge in [0.1, 0.15) is 53.7 Å². The van der Waals surface area contributed by atoms with Crippen LogP contribution in [0.3, 0.4) is 0 Å². The number of Topliss-reactive ketones (excluding diaryl/α,β-unsaturated/α-hetero) is 1. The average molecular weight is 1570 g/mol. The maximum atomic E-state index is 12.5. The zero-order chi connectivity index (χ0) is 82.3. The van der Waals surface area contributed by atoms with Crippen molar-refractivity contribution in [1.82, 2.24) is 78.8 Å². The van der Waals surface area contributed by atoms with Crippen molar-refractivity contribution in [3.63, 3.8) is 0 Å². The topological polar surface area (TPSA) is 332 Å². The molecule has 14 rings (SSSR count). The fourth-order valence-electron chi connectivity index (χ4n) is 13.7. The number of likely N-dealkylation sites (tertiary alicyclic amines) is 1. The van der Waals surface area contributed by atoms with E-state index in [-0.39, 0.29) is 35.5 Å². The number of anilines is 10. The molecular weight excluding hydrogens is 1470 g/mol. The van der Waals surface area contributed by atoms with E-state index in [9.17, 15) is 24.0 Å². The number of hydrogen-bond donors (Lipinski definition) is 6. The molecular formula is C85H95N23O8. The molecule has 2 saturated heterocycles. The first-order chi connectivity index (χ1) is 55.9. The maximum absolute atomic E-state index is 12.5. The van der Waals surface area contributed by atoms with Crippen LogP contribution in [-0.2, 0) is 46.9 Å². The number of aromatic nitrogens is 12. The first-order valence-corrected chi connectivity index (χ1v) is 37.5. The number of amides is 4. The molecule has 0 spiro atoms. The molecule has 6 aromatic heterocycles. The molecule has 0 aliphatic carbocycles. The first-order valence-electron chi connectivity index (χ1n) is 37.5. The highest BCUT2D eigenvalue weighted by molar-refractivity contribution is 6.08. The van der Waals surface area contributed by atoms with Crippen LogP contribution < -0.4 is 51.0 Å². The molecule has 2 aliphatic heterocycles. The highest BCUT2D eigenvalue weighted by Crippen LogP contribution is 2.42. The van der Waals surface area contributed by atoms with Gasteiger partial charge in [-0.15, -0.1) is 0 Å². The smallest absolute Gasteiger partial charge is 0.248 e. The third-order valence-corrected chi connectivity index (χ3v) is 20.1. The van der Waals surface area contributed by atoms with Gasteiger partial charge in [0, 0.05) is 168 Å². The number of aryl methyl sites for hydroxylation is 3. The molecule has 31 heteroatoms. The number of likely N-dealkylation sites (N-methyl/N-ethyl adjacent to an activating group) is 2. The summed E-state index contributed by atoms with van der Waals surface area (Å²) < 4.78 is 22.5. The molecule has 116 heavy (non-hydrogen) atoms. The molecule has 2 fully saturated rings. The number of ketones is 1. The first kappa shape index (κ1) is 81.7. The third-order valence-electron chi connectivity index (χ3n) is 20.1. The number of rotatable bonds is 25. The number of nitrogens with one attached hydrogen (secondary N) is 6. The molecule has 8 heterocycles. The minimum absolute atomic E-state index is 0.0904. The molecule has 31 nitrogen and oxygen atoms in total. The van der Waals surface area contributed by atoms with Crippen LogP contribution in [0.25, 0.3) is 66.5 Å². The summed E-state index contributed by atoms with van der Waals surface area (Å²) in [6, 6.07) is 34.8. The van der Waals surface area contributed by atoms with E-state index in [0.717, 1.165) is 117 Å². The van der Waals surface area contributed by atoms with Gasteiger partial charge in [-0.05, 0) is 125 Å². The summed E-state index contributed by atoms with van der Waals surface area (Å²) in [7, 11) is 18.4. The molecule has 4 amide bonds. The molecule has 0 atom stereocenters. The minimum atomic E-state index is -0.337. The number of carbonyl (C=O) groups is 5. The number of carbonyl (C=O) groups excluding carboxylic acids is 5. The second kappa shape index (κ2) is 37.2. The SMILES string of the molecule is C=CC(=O)Nc1cc(Nc2cc(-c3ccc4c(cnn4C)c3)ncn2)c(OC)cc1CN1CCN(C)CC1.C=CC(=O)Nc1cc(Nc2cc(-c3ccc4c(cnn4C)c3)ncn2)c(OC)cc1N(C)C1CCN(C(C)=O)CC1.COc1cc(C(C)=O)c(NC(=O)/C=C/CN(C)C)cc1Nc1cc(-c2ccc3c(cnn3C)c2)ncn1. The highest BCUT2D eigenvalue weighted by atomic mass is 16.5. The Hall–Kier alpha value is -13.8. The van der Waals surface area contributed by atoms with E-state index in [0.29, 0.717) is 101 Å². The normalized spacial score (nSPS) is 13.1. The second-order valence-corrected chi connectivity index (χ2v) is 28.3. The third kappa shape index (κ3) is 20.0. The van der Waals surface area contributed by atoms with E-state index < -0.39 is 0 Å². The molecule has 0 saturated carbocycles. The van der Waals surface area contributed by atoms with Crippen LogP contribution in [0, 0.1) is 0 Å². The zero-order valence-corrected chi connectivity index (χ0v) is 67.1. The molecule has 2 aliphatic rings. The quantitative estimate of drug-likeness (QED) is 0.0229. The summed E-state index contributed by atoms with van der Waals surface area (Å²) in [6.07, 6.45) is 17.3. The number of nitrogens with zero attached hydrogens (tertiary/aromatic N) is 17. The van der Waals surface area contributed by atoms with Crippen molar-refractivity contribution in [3.05, 3.63) is 195 Å². The summed E-state index contributed by atoms with van der Waals surface area (Å²) in [5.41, 5.74) is 13.8. The number of ether oxygens (including phenoxy) is 3. The van der Waals surface area contributed by atoms with E-state index in [2.05, 4.69) is 118 Å². The van der Waals surface area contributed by atoms with Gasteiger partial charge in [-0.3, -0.25) is 42.9 Å². The number of hydrogen-bond acceptors (Lipinski definition) is 24. The lowest BCUT2D eigenvalue weighted by atomic mass is 10.0. The summed E-state index contributed by atoms with van der Waals surface area (Å²) in [5, 5.41) is 34.6. The standard InChI is InChI=1S/C30H34N8O3.C28H32N8O2.C27H29N7O3/c1-6-30(40)35-24-14-25(28(41-5)16-27(24)36(3)22-9-11-38(12-10-22)19(2)39)34-29-15-23(31-18-32-29)20-7-8-26-21(13-20)17-33-37(26)4;1-5-28(37)33-23-14-24(26(38-4)13-21(23)17-36-10-8-34(2)9-11-36)32-27-15-22(29-18-30-27)19-6-7-25-20(12-19)16-31-35(25)3;1-17(35)20-12-25(37-5)23(13-22(20)32-27(36)7-6-10-33(2)3)31-26-14-21(28-16-29-26)18-8-9-24-19(11-18)15-30-34(24)4/h6-8,13-18,22H,1,9-12H2,2-5H3,(H,35,40)(H,31,32,34);5-7,12-16,18H,1,8-11,17H2,2-4H3,(H,33,37)(H,29,30,32);6-9,11-16H,10H2,1-5H3,(H,32,36)(H,28,29,31)/b;;7-6+. The van der Waals surface area contributed by atoms with Gasteiger partial charge in [-0.1, -0.05) is 37.4 Å². The van der Waals surface area contributed by atoms with Gasteiger partial charge in [-0.25, -0.2) is 29.9 Å². The zero-order valence-electron chi connectivity index (χ0n) is 67.1. The predicted molar refractivity (Wildman–Crippen MR) is 454 cm³/mol. The van der Waals surface area contributed by atoms with Crippen LogP contribution >= 0.6 is 0 Å². The summed E-state index contributed by atoms with van der Waals surface area (Å²) in [4.78, 5) is 98.4. The Kier molecular flexibility index (Phi) is 26.2. The van der Waals surface area contributed by atoms with Gasteiger partial charge in [0.15, 0.2) is 5.78 Å². The van der Waals surface area contributed by atoms with Gasteiger partial charge in [0.2, 0.25) is 23.6 Å². The van der Waals surface area contributed by atoms with Crippen molar-refractivity contribution in [3.8, 4) is 51.0 Å². The Morgan fingerprint density at radius 3 is 1.34 bits per heavy atom. The second-order valence-electron chi connectivity index (χ2n) is 28.3. The largest absolute Gasteiger partial charge is 0.495 e. The fourth-order valence-corrected chi connectivity index (χ4v) is 13.7.